The molecule has 30 heavy (non-hydrogen) atoms. The number of halogens is 4. The zero-order chi connectivity index (χ0) is 22.1. The van der Waals surface area contributed by atoms with Crippen LogP contribution in [0.5, 0.6) is 0 Å². The van der Waals surface area contributed by atoms with Crippen LogP contribution in [0.1, 0.15) is 15.9 Å². The van der Waals surface area contributed by atoms with Crippen LogP contribution >= 0.6 is 35.2 Å². The zero-order valence-corrected chi connectivity index (χ0v) is 17.7. The Morgan fingerprint density at radius 1 is 1.20 bits per heavy atom. The van der Waals surface area contributed by atoms with Gasteiger partial charge in [-0.2, -0.15) is 13.2 Å². The van der Waals surface area contributed by atoms with E-state index >= 15 is 0 Å². The Bertz CT molecular complexity index is 1270. The van der Waals surface area contributed by atoms with Gasteiger partial charge < -0.3 is 0 Å². The van der Waals surface area contributed by atoms with Crippen molar-refractivity contribution in [2.75, 3.05) is 10.0 Å². The first-order chi connectivity index (χ1) is 14.0. The monoisotopic (exact) mass is 494 g/mol. The largest absolute Gasteiger partial charge is 0.416 e. The second-order valence-corrected chi connectivity index (χ2v) is 9.45. The van der Waals surface area contributed by atoms with Crippen LogP contribution in [0.25, 0.3) is 0 Å². The summed E-state index contributed by atoms with van der Waals surface area (Å²) < 4.78 is 66.1. The van der Waals surface area contributed by atoms with Crippen LogP contribution in [0.15, 0.2) is 47.4 Å². The highest BCUT2D eigenvalue weighted by molar-refractivity contribution is 7.92. The quantitative estimate of drug-likeness (QED) is 0.436. The molecule has 0 bridgehead atoms. The Morgan fingerprint density at radius 2 is 1.93 bits per heavy atom. The number of hydrogen-bond donors (Lipinski definition) is 3. The number of sulfonamides is 1. The molecule has 3 N–H and O–H groups in total. The molecule has 3 rings (SSSR count). The van der Waals surface area contributed by atoms with Crippen molar-refractivity contribution in [1.29, 1.82) is 0 Å². The van der Waals surface area contributed by atoms with Gasteiger partial charge in [-0.3, -0.25) is 19.9 Å². The maximum Gasteiger partial charge on any atom is 0.416 e. The smallest absolute Gasteiger partial charge is 0.296 e. The summed E-state index contributed by atoms with van der Waals surface area (Å²) in [5, 5.41) is 8.76. The second kappa shape index (κ2) is 8.34. The predicted octanol–water partition coefficient (Wildman–Crippen LogP) is 4.93. The molecule has 3 aromatic rings. The fraction of sp³-hybridized carbons (Fsp3) is 0.0625. The number of carbonyl (C=O) groups is 1. The van der Waals surface area contributed by atoms with Crippen LogP contribution in [-0.2, 0) is 16.2 Å². The van der Waals surface area contributed by atoms with Gasteiger partial charge in [-0.1, -0.05) is 29.0 Å². The van der Waals surface area contributed by atoms with Gasteiger partial charge >= 0.3 is 6.18 Å². The van der Waals surface area contributed by atoms with E-state index in [1.165, 1.54) is 12.1 Å². The normalized spacial score (nSPS) is 11.9. The third-order valence-electron chi connectivity index (χ3n) is 3.59. The Morgan fingerprint density at radius 3 is 2.57 bits per heavy atom. The number of carbonyl (C=O) groups excluding carboxylic acids is 1. The average molecular weight is 495 g/mol. The summed E-state index contributed by atoms with van der Waals surface area (Å²) in [6, 6.07) is 7.01. The molecule has 14 heteroatoms. The van der Waals surface area contributed by atoms with Crippen molar-refractivity contribution in [1.82, 2.24) is 10.2 Å². The van der Waals surface area contributed by atoms with Crippen LogP contribution in [0.4, 0.5) is 24.0 Å². The molecule has 0 aliphatic rings. The van der Waals surface area contributed by atoms with Crippen molar-refractivity contribution in [2.45, 2.75) is 11.1 Å². The van der Waals surface area contributed by atoms with Gasteiger partial charge in [-0.25, -0.2) is 8.42 Å². The number of H-pyrrole nitrogens is 1. The molecular formula is C16H10ClF3N4O3S3. The van der Waals surface area contributed by atoms with E-state index in [9.17, 15) is 26.4 Å². The van der Waals surface area contributed by atoms with E-state index < -0.39 is 27.7 Å². The minimum absolute atomic E-state index is 0.0374. The van der Waals surface area contributed by atoms with E-state index in [0.717, 1.165) is 35.6 Å². The molecule has 0 saturated heterocycles. The molecule has 0 aliphatic carbocycles. The summed E-state index contributed by atoms with van der Waals surface area (Å²) in [4.78, 5) is 12.0. The molecule has 0 spiro atoms. The molecular weight excluding hydrogens is 485 g/mol. The summed E-state index contributed by atoms with van der Waals surface area (Å²) in [7, 11) is -4.31. The number of anilines is 2. The van der Waals surface area contributed by atoms with Crippen molar-refractivity contribution in [2.24, 2.45) is 0 Å². The van der Waals surface area contributed by atoms with Crippen molar-refractivity contribution in [3.8, 4) is 0 Å². The van der Waals surface area contributed by atoms with Gasteiger partial charge in [0.05, 0.1) is 21.0 Å². The van der Waals surface area contributed by atoms with E-state index in [2.05, 4.69) is 20.2 Å². The van der Waals surface area contributed by atoms with Gasteiger partial charge in [0.2, 0.25) is 5.13 Å². The molecule has 1 heterocycles. The first-order valence-corrected chi connectivity index (χ1v) is 10.9. The molecule has 7 nitrogen and oxygen atoms in total. The Kier molecular flexibility index (Phi) is 6.17. The van der Waals surface area contributed by atoms with Gasteiger partial charge in [0, 0.05) is 5.69 Å². The molecule has 0 fully saturated rings. The standard InChI is InChI=1S/C16H10ClF3N4O3S3/c17-12-5-4-10(7-11(12)13(25)21-14-22-23-15(28)29-14)30(26,27)24-9-3-1-2-8(6-9)16(18,19)20/h1-7,24H,(H,23,28)(H,21,22,25). The van der Waals surface area contributed by atoms with Crippen LogP contribution in [-0.4, -0.2) is 24.5 Å². The summed E-state index contributed by atoms with van der Waals surface area (Å²) in [5.74, 6) is -0.742. The molecule has 0 saturated carbocycles. The molecule has 0 aliphatic heterocycles. The number of hydrogen-bond acceptors (Lipinski definition) is 6. The van der Waals surface area contributed by atoms with Crippen LogP contribution in [0, 0.1) is 3.95 Å². The van der Waals surface area contributed by atoms with E-state index in [4.69, 9.17) is 23.8 Å². The van der Waals surface area contributed by atoms with E-state index in [0.29, 0.717) is 10.0 Å². The lowest BCUT2D eigenvalue weighted by atomic mass is 10.2. The zero-order valence-electron chi connectivity index (χ0n) is 14.5. The van der Waals surface area contributed by atoms with Crippen molar-refractivity contribution < 1.29 is 26.4 Å². The van der Waals surface area contributed by atoms with Crippen molar-refractivity contribution in [3.05, 3.63) is 62.6 Å². The van der Waals surface area contributed by atoms with Gasteiger partial charge in [-0.15, -0.1) is 5.10 Å². The fourth-order valence-corrected chi connectivity index (χ4v) is 4.33. The van der Waals surface area contributed by atoms with Crippen LogP contribution in [0.3, 0.4) is 0 Å². The number of aromatic amines is 1. The predicted molar refractivity (Wildman–Crippen MR) is 109 cm³/mol. The second-order valence-electron chi connectivity index (χ2n) is 5.70. The first kappa shape index (κ1) is 22.2. The molecule has 1 amide bonds. The number of nitrogens with zero attached hydrogens (tertiary/aromatic N) is 1. The lowest BCUT2D eigenvalue weighted by Gasteiger charge is -2.12. The fourth-order valence-electron chi connectivity index (χ4n) is 2.27. The molecule has 1 aromatic heterocycles. The minimum Gasteiger partial charge on any atom is -0.296 e. The maximum atomic E-state index is 12.8. The molecule has 2 aromatic carbocycles. The van der Waals surface area contributed by atoms with Crippen molar-refractivity contribution >= 4 is 61.9 Å². The number of alkyl halides is 3. The minimum atomic E-state index is -4.63. The maximum absolute atomic E-state index is 12.8. The number of nitrogens with one attached hydrogen (secondary N) is 3. The highest BCUT2D eigenvalue weighted by Crippen LogP contribution is 2.31. The number of rotatable bonds is 5. The van der Waals surface area contributed by atoms with Gasteiger partial charge in [0.1, 0.15) is 0 Å². The topological polar surface area (TPSA) is 104 Å². The Hall–Kier alpha value is -2.48. The Balaban J connectivity index is 1.89. The third-order valence-corrected chi connectivity index (χ3v) is 6.31. The van der Waals surface area contributed by atoms with Crippen molar-refractivity contribution in [3.63, 3.8) is 0 Å². The lowest BCUT2D eigenvalue weighted by molar-refractivity contribution is -0.137. The average Bonchev–Trinajstić information content (AvgIpc) is 3.05. The third kappa shape index (κ3) is 5.16. The lowest BCUT2D eigenvalue weighted by Crippen LogP contribution is -2.17. The summed E-state index contributed by atoms with van der Waals surface area (Å²) >= 11 is 11.8. The molecule has 158 valence electrons. The summed E-state index contributed by atoms with van der Waals surface area (Å²) in [6.45, 7) is 0. The SMILES string of the molecule is O=C(Nc1n[nH]c(=S)s1)c1cc(S(=O)(=O)Nc2cccc(C(F)(F)F)c2)ccc1Cl. The molecule has 0 unspecified atom stereocenters. The number of amides is 1. The highest BCUT2D eigenvalue weighted by Gasteiger charge is 2.31. The van der Waals surface area contributed by atoms with E-state index in [1.807, 2.05) is 0 Å². The van der Waals surface area contributed by atoms with E-state index in [1.54, 1.807) is 0 Å². The van der Waals surface area contributed by atoms with Crippen LogP contribution in [0.2, 0.25) is 5.02 Å². The number of benzene rings is 2. The number of aromatic nitrogens is 2. The summed E-state index contributed by atoms with van der Waals surface area (Å²) in [5.41, 5.74) is -1.48. The highest BCUT2D eigenvalue weighted by atomic mass is 35.5. The van der Waals surface area contributed by atoms with Gasteiger partial charge in [0.15, 0.2) is 3.95 Å². The van der Waals surface area contributed by atoms with Crippen LogP contribution < -0.4 is 10.0 Å². The first-order valence-electron chi connectivity index (χ1n) is 7.82. The molecule has 0 radical (unpaired) electrons. The van der Waals surface area contributed by atoms with Gasteiger partial charge in [0.25, 0.3) is 15.9 Å². The molecule has 0 atom stereocenters. The Labute approximate surface area is 182 Å². The summed E-state index contributed by atoms with van der Waals surface area (Å²) in [6.07, 6.45) is -4.63. The van der Waals surface area contributed by atoms with E-state index in [-0.39, 0.29) is 26.3 Å². The van der Waals surface area contributed by atoms with Gasteiger partial charge in [-0.05, 0) is 48.6 Å².